The Labute approximate surface area is 213 Å². The zero-order valence-corrected chi connectivity index (χ0v) is 20.9. The number of nitrogen functional groups attached to an aromatic ring is 1. The number of fused-ring (bicyclic) bond motifs is 1. The van der Waals surface area contributed by atoms with E-state index in [0.29, 0.717) is 43.3 Å². The Hall–Kier alpha value is -3.76. The number of hydrogen-bond acceptors (Lipinski definition) is 9. The third kappa shape index (κ3) is 4.82. The molecule has 1 aromatic carbocycles. The van der Waals surface area contributed by atoms with Crippen molar-refractivity contribution in [2.75, 3.05) is 44.0 Å². The van der Waals surface area contributed by atoms with Gasteiger partial charge in [-0.05, 0) is 30.7 Å². The van der Waals surface area contributed by atoms with E-state index in [1.54, 1.807) is 24.5 Å². The number of rotatable bonds is 7. The number of thiophene rings is 1. The number of carbonyl (C=O) groups is 1. The molecule has 10 heteroatoms. The normalized spacial score (nSPS) is 17.6. The molecule has 1 saturated heterocycles. The van der Waals surface area contributed by atoms with Gasteiger partial charge in [0.15, 0.2) is 11.6 Å². The highest BCUT2D eigenvalue weighted by atomic mass is 32.1. The second-order valence-electron chi connectivity index (χ2n) is 8.68. The van der Waals surface area contributed by atoms with Gasteiger partial charge in [0.1, 0.15) is 0 Å². The van der Waals surface area contributed by atoms with Crippen LogP contribution in [-0.4, -0.2) is 55.4 Å². The summed E-state index contributed by atoms with van der Waals surface area (Å²) in [4.78, 5) is 25.2. The van der Waals surface area contributed by atoms with Crippen molar-refractivity contribution in [2.24, 2.45) is 5.92 Å². The van der Waals surface area contributed by atoms with E-state index >= 15 is 0 Å². The molecule has 3 heterocycles. The Morgan fingerprint density at radius 3 is 2.94 bits per heavy atom. The minimum atomic E-state index is -0.160. The molecule has 1 amide bonds. The molecule has 1 fully saturated rings. The molecule has 9 nitrogen and oxygen atoms in total. The molecule has 2 aromatic heterocycles. The van der Waals surface area contributed by atoms with Crippen molar-refractivity contribution in [3.8, 4) is 11.4 Å². The number of benzene rings is 1. The van der Waals surface area contributed by atoms with Crippen LogP contribution in [-0.2, 0) is 16.1 Å². The quantitative estimate of drug-likeness (QED) is 0.288. The first-order valence-electron chi connectivity index (χ1n) is 11.9. The van der Waals surface area contributed by atoms with Crippen LogP contribution in [0.4, 0.5) is 11.5 Å². The van der Waals surface area contributed by atoms with E-state index < -0.39 is 0 Å². The van der Waals surface area contributed by atoms with Gasteiger partial charge in [-0.1, -0.05) is 18.2 Å². The molecule has 0 spiro atoms. The average molecular weight is 504 g/mol. The summed E-state index contributed by atoms with van der Waals surface area (Å²) in [6.07, 6.45) is 7.97. The van der Waals surface area contributed by atoms with Crippen LogP contribution in [0.3, 0.4) is 0 Å². The summed E-state index contributed by atoms with van der Waals surface area (Å²) in [5, 5.41) is 14.0. The number of nitrogens with two attached hydrogens (primary N) is 1. The van der Waals surface area contributed by atoms with Crippen molar-refractivity contribution in [3.05, 3.63) is 58.6 Å². The molecule has 1 atom stereocenters. The number of aromatic nitrogens is 2. The zero-order valence-electron chi connectivity index (χ0n) is 20.1. The van der Waals surface area contributed by atoms with Crippen molar-refractivity contribution >= 4 is 45.2 Å². The van der Waals surface area contributed by atoms with Crippen LogP contribution >= 0.6 is 11.3 Å². The number of morpholine rings is 1. The van der Waals surface area contributed by atoms with Gasteiger partial charge in [-0.25, -0.2) is 9.97 Å². The Morgan fingerprint density at radius 1 is 1.33 bits per heavy atom. The van der Waals surface area contributed by atoms with Gasteiger partial charge in [0.25, 0.3) is 0 Å². The van der Waals surface area contributed by atoms with Crippen LogP contribution in [0.2, 0.25) is 0 Å². The van der Waals surface area contributed by atoms with Crippen molar-refractivity contribution in [2.45, 2.75) is 13.0 Å². The lowest BCUT2D eigenvalue weighted by atomic mass is 9.98. The zero-order chi connectivity index (χ0) is 25.1. The highest BCUT2D eigenvalue weighted by Crippen LogP contribution is 2.35. The van der Waals surface area contributed by atoms with E-state index in [9.17, 15) is 4.79 Å². The SMILES string of the molecule is CNC(=O)C1C=C(NCc2cc3nc(-c4cccc(N)c4C=N)nc(N4CCOCC4)c3s2)C=CC1. The number of amides is 1. The van der Waals surface area contributed by atoms with Gasteiger partial charge >= 0.3 is 0 Å². The number of ether oxygens (including phenoxy) is 1. The number of carbonyl (C=O) groups excluding carboxylic acids is 1. The van der Waals surface area contributed by atoms with Crippen LogP contribution in [0.15, 0.2) is 48.2 Å². The summed E-state index contributed by atoms with van der Waals surface area (Å²) in [5.41, 5.74) is 9.81. The predicted octanol–water partition coefficient (Wildman–Crippen LogP) is 3.07. The number of allylic oxidation sites excluding steroid dienone is 2. The first-order chi connectivity index (χ1) is 17.6. The maximum atomic E-state index is 12.0. The smallest absolute Gasteiger partial charge is 0.227 e. The Morgan fingerprint density at radius 2 is 2.17 bits per heavy atom. The first-order valence-corrected chi connectivity index (χ1v) is 12.8. The molecule has 2 aliphatic rings. The van der Waals surface area contributed by atoms with Gasteiger partial charge in [0, 0.05) is 60.3 Å². The number of nitrogens with zero attached hydrogens (tertiary/aromatic N) is 3. The number of anilines is 2. The van der Waals surface area contributed by atoms with Gasteiger partial charge in [-0.2, -0.15) is 0 Å². The van der Waals surface area contributed by atoms with Crippen LogP contribution < -0.4 is 21.3 Å². The standard InChI is InChI=1S/C26H29N7O2S/c1-29-26(34)16-4-2-5-17(12-16)30-15-18-13-22-23(36-18)25(33-8-10-35-11-9-33)32-24(31-22)19-6-3-7-21(28)20(19)14-27/h2-3,5-7,12-14,16,27,30H,4,8-11,15,28H2,1H3,(H,29,34). The first kappa shape index (κ1) is 24.0. The molecule has 1 aliphatic heterocycles. The Kier molecular flexibility index (Phi) is 6.97. The lowest BCUT2D eigenvalue weighted by Gasteiger charge is -2.28. The van der Waals surface area contributed by atoms with E-state index in [1.165, 1.54) is 6.21 Å². The molecule has 0 saturated carbocycles. The fourth-order valence-corrected chi connectivity index (χ4v) is 5.51. The van der Waals surface area contributed by atoms with Crippen LogP contribution in [0, 0.1) is 11.3 Å². The summed E-state index contributed by atoms with van der Waals surface area (Å²) in [6.45, 7) is 3.42. The summed E-state index contributed by atoms with van der Waals surface area (Å²) in [7, 11) is 1.66. The molecular weight excluding hydrogens is 474 g/mol. The largest absolute Gasteiger partial charge is 0.398 e. The topological polar surface area (TPSA) is 129 Å². The molecule has 186 valence electrons. The maximum absolute atomic E-state index is 12.0. The molecule has 3 aromatic rings. The van der Waals surface area contributed by atoms with Crippen molar-refractivity contribution in [1.29, 1.82) is 5.41 Å². The Balaban J connectivity index is 1.50. The monoisotopic (exact) mass is 503 g/mol. The number of hydrogen-bond donors (Lipinski definition) is 4. The lowest BCUT2D eigenvalue weighted by molar-refractivity contribution is -0.123. The molecule has 36 heavy (non-hydrogen) atoms. The van der Waals surface area contributed by atoms with Gasteiger partial charge < -0.3 is 31.4 Å². The third-order valence-corrected chi connectivity index (χ3v) is 7.48. The van der Waals surface area contributed by atoms with Crippen molar-refractivity contribution in [3.63, 3.8) is 0 Å². The second kappa shape index (κ2) is 10.5. The molecule has 5 rings (SSSR count). The second-order valence-corrected chi connectivity index (χ2v) is 9.82. The Bertz CT molecular complexity index is 1360. The van der Waals surface area contributed by atoms with E-state index in [2.05, 4.69) is 21.6 Å². The maximum Gasteiger partial charge on any atom is 0.227 e. The van der Waals surface area contributed by atoms with Crippen molar-refractivity contribution in [1.82, 2.24) is 20.6 Å². The van der Waals surface area contributed by atoms with Crippen LogP contribution in [0.1, 0.15) is 16.9 Å². The fourth-order valence-electron chi connectivity index (χ4n) is 4.46. The van der Waals surface area contributed by atoms with E-state index in [4.69, 9.17) is 25.8 Å². The van der Waals surface area contributed by atoms with Gasteiger partial charge in [0.05, 0.1) is 29.3 Å². The van der Waals surface area contributed by atoms with Gasteiger partial charge in [-0.15, -0.1) is 11.3 Å². The molecule has 5 N–H and O–H groups in total. The number of nitrogens with one attached hydrogen (secondary N) is 3. The highest BCUT2D eigenvalue weighted by molar-refractivity contribution is 7.19. The van der Waals surface area contributed by atoms with E-state index in [-0.39, 0.29) is 11.8 Å². The predicted molar refractivity (Wildman–Crippen MR) is 144 cm³/mol. The van der Waals surface area contributed by atoms with Gasteiger partial charge in [-0.3, -0.25) is 4.79 Å². The summed E-state index contributed by atoms with van der Waals surface area (Å²) in [5.74, 6) is 1.29. The fraction of sp³-hybridized carbons (Fsp3) is 0.308. The molecule has 0 radical (unpaired) electrons. The third-order valence-electron chi connectivity index (χ3n) is 6.36. The minimum absolute atomic E-state index is 0.0179. The van der Waals surface area contributed by atoms with E-state index in [0.717, 1.165) is 45.3 Å². The van der Waals surface area contributed by atoms with Crippen molar-refractivity contribution < 1.29 is 9.53 Å². The highest BCUT2D eigenvalue weighted by Gasteiger charge is 2.22. The molecular formula is C26H29N7O2S. The van der Waals surface area contributed by atoms with E-state index in [1.807, 2.05) is 30.4 Å². The molecule has 1 aliphatic carbocycles. The van der Waals surface area contributed by atoms with Gasteiger partial charge in [0.2, 0.25) is 5.91 Å². The summed E-state index contributed by atoms with van der Waals surface area (Å²) in [6, 6.07) is 7.63. The van der Waals surface area contributed by atoms with Crippen LogP contribution in [0.5, 0.6) is 0 Å². The average Bonchev–Trinajstić information content (AvgIpc) is 3.34. The minimum Gasteiger partial charge on any atom is -0.398 e. The molecule has 1 unspecified atom stereocenters. The summed E-state index contributed by atoms with van der Waals surface area (Å²) < 4.78 is 6.59. The lowest BCUT2D eigenvalue weighted by Crippen LogP contribution is -2.36. The molecule has 0 bridgehead atoms. The summed E-state index contributed by atoms with van der Waals surface area (Å²) >= 11 is 1.66. The van der Waals surface area contributed by atoms with Crippen LogP contribution in [0.25, 0.3) is 21.6 Å².